The SMILES string of the molecule is O=C([C@@H]1CSC2(CCNCC2)N1)N1CCSCC1. The largest absolute Gasteiger partial charge is 0.340 e. The van der Waals surface area contributed by atoms with Gasteiger partial charge in [-0.25, -0.2) is 0 Å². The zero-order chi connectivity index (χ0) is 12.4. The van der Waals surface area contributed by atoms with Crippen LogP contribution < -0.4 is 10.6 Å². The molecule has 0 radical (unpaired) electrons. The monoisotopic (exact) mass is 287 g/mol. The summed E-state index contributed by atoms with van der Waals surface area (Å²) in [4.78, 5) is 14.7. The summed E-state index contributed by atoms with van der Waals surface area (Å²) in [5.41, 5.74) is 0. The number of carbonyl (C=O) groups is 1. The average Bonchev–Trinajstić information content (AvgIpc) is 2.83. The van der Waals surface area contributed by atoms with E-state index in [0.717, 1.165) is 56.3 Å². The molecule has 6 heteroatoms. The summed E-state index contributed by atoms with van der Waals surface area (Å²) in [5.74, 6) is 3.47. The zero-order valence-electron chi connectivity index (χ0n) is 10.6. The van der Waals surface area contributed by atoms with Crippen LogP contribution in [0.1, 0.15) is 12.8 Å². The van der Waals surface area contributed by atoms with Crippen molar-refractivity contribution in [1.82, 2.24) is 15.5 Å². The highest BCUT2D eigenvalue weighted by Crippen LogP contribution is 2.37. The highest BCUT2D eigenvalue weighted by atomic mass is 32.2. The minimum Gasteiger partial charge on any atom is -0.340 e. The van der Waals surface area contributed by atoms with Crippen molar-refractivity contribution in [2.75, 3.05) is 43.4 Å². The quantitative estimate of drug-likeness (QED) is 0.728. The molecule has 3 saturated heterocycles. The van der Waals surface area contributed by atoms with Gasteiger partial charge in [-0.1, -0.05) is 0 Å². The second kappa shape index (κ2) is 5.61. The molecule has 0 aromatic carbocycles. The molecule has 2 N–H and O–H groups in total. The van der Waals surface area contributed by atoms with Gasteiger partial charge in [0, 0.05) is 30.3 Å². The van der Waals surface area contributed by atoms with Crippen molar-refractivity contribution in [1.29, 1.82) is 0 Å². The van der Waals surface area contributed by atoms with Crippen molar-refractivity contribution in [2.45, 2.75) is 23.8 Å². The number of rotatable bonds is 1. The van der Waals surface area contributed by atoms with Gasteiger partial charge in [-0.15, -0.1) is 11.8 Å². The van der Waals surface area contributed by atoms with E-state index < -0.39 is 0 Å². The molecule has 3 aliphatic heterocycles. The van der Waals surface area contributed by atoms with E-state index in [-0.39, 0.29) is 10.9 Å². The van der Waals surface area contributed by atoms with Crippen molar-refractivity contribution >= 4 is 29.4 Å². The number of hydrogen-bond donors (Lipinski definition) is 2. The van der Waals surface area contributed by atoms with Gasteiger partial charge in [0.25, 0.3) is 0 Å². The molecule has 1 spiro atoms. The lowest BCUT2D eigenvalue weighted by molar-refractivity contribution is -0.132. The fraction of sp³-hybridized carbons (Fsp3) is 0.917. The minimum atomic E-state index is 0.0520. The molecule has 0 aromatic rings. The van der Waals surface area contributed by atoms with Crippen LogP contribution in [-0.2, 0) is 4.79 Å². The molecule has 0 unspecified atom stereocenters. The van der Waals surface area contributed by atoms with Crippen molar-refractivity contribution in [3.63, 3.8) is 0 Å². The summed E-state index contributed by atoms with van der Waals surface area (Å²) in [6.45, 7) is 4.00. The Bertz CT molecular complexity index is 314. The number of nitrogens with zero attached hydrogens (tertiary/aromatic N) is 1. The summed E-state index contributed by atoms with van der Waals surface area (Å²) in [7, 11) is 0. The molecule has 1 amide bonds. The Kier molecular flexibility index (Phi) is 4.08. The van der Waals surface area contributed by atoms with Gasteiger partial charge in [0.15, 0.2) is 0 Å². The molecule has 18 heavy (non-hydrogen) atoms. The number of amides is 1. The number of piperidine rings is 1. The predicted molar refractivity (Wildman–Crippen MR) is 78.1 cm³/mol. The molecule has 3 aliphatic rings. The van der Waals surface area contributed by atoms with Crippen LogP contribution in [0.3, 0.4) is 0 Å². The summed E-state index contributed by atoms with van der Waals surface area (Å²) in [6, 6.07) is 0.0520. The Morgan fingerprint density at radius 3 is 2.67 bits per heavy atom. The number of nitrogens with one attached hydrogen (secondary N) is 2. The molecule has 1 atom stereocenters. The molecule has 0 aromatic heterocycles. The molecule has 0 saturated carbocycles. The van der Waals surface area contributed by atoms with Gasteiger partial charge in [-0.3, -0.25) is 10.1 Å². The molecule has 4 nitrogen and oxygen atoms in total. The van der Waals surface area contributed by atoms with Gasteiger partial charge in [0.2, 0.25) is 5.91 Å². The molecular formula is C12H21N3OS2. The van der Waals surface area contributed by atoms with Gasteiger partial charge in [-0.05, 0) is 25.9 Å². The summed E-state index contributed by atoms with van der Waals surface area (Å²) in [6.07, 6.45) is 2.27. The molecule has 3 rings (SSSR count). The Balaban J connectivity index is 1.59. The van der Waals surface area contributed by atoms with E-state index in [2.05, 4.69) is 15.5 Å². The third-order valence-electron chi connectivity index (χ3n) is 4.00. The van der Waals surface area contributed by atoms with Crippen LogP contribution in [0.15, 0.2) is 0 Å². The average molecular weight is 287 g/mol. The van der Waals surface area contributed by atoms with Crippen molar-refractivity contribution in [3.05, 3.63) is 0 Å². The van der Waals surface area contributed by atoms with Crippen LogP contribution in [0.2, 0.25) is 0 Å². The van der Waals surface area contributed by atoms with Gasteiger partial charge in [0.05, 0.1) is 10.9 Å². The Hall–Kier alpha value is 0.0900. The van der Waals surface area contributed by atoms with Crippen molar-refractivity contribution in [2.24, 2.45) is 0 Å². The fourth-order valence-corrected chi connectivity index (χ4v) is 5.23. The highest BCUT2D eigenvalue weighted by Gasteiger charge is 2.43. The summed E-state index contributed by atoms with van der Waals surface area (Å²) >= 11 is 3.91. The summed E-state index contributed by atoms with van der Waals surface area (Å²) in [5, 5.41) is 7.02. The number of carbonyl (C=O) groups excluding carboxylic acids is 1. The first kappa shape index (κ1) is 13.1. The van der Waals surface area contributed by atoms with Crippen molar-refractivity contribution < 1.29 is 4.79 Å². The maximum absolute atomic E-state index is 12.5. The van der Waals surface area contributed by atoms with Crippen LogP contribution in [0.5, 0.6) is 0 Å². The van der Waals surface area contributed by atoms with Crippen LogP contribution in [0, 0.1) is 0 Å². The Morgan fingerprint density at radius 2 is 1.94 bits per heavy atom. The van der Waals surface area contributed by atoms with Crippen LogP contribution in [0.25, 0.3) is 0 Å². The van der Waals surface area contributed by atoms with E-state index in [9.17, 15) is 4.79 Å². The normalized spacial score (nSPS) is 31.8. The molecule has 0 aliphatic carbocycles. The lowest BCUT2D eigenvalue weighted by atomic mass is 10.0. The molecule has 102 valence electrons. The smallest absolute Gasteiger partial charge is 0.240 e. The van der Waals surface area contributed by atoms with Gasteiger partial charge in [-0.2, -0.15) is 11.8 Å². The van der Waals surface area contributed by atoms with Crippen LogP contribution in [-0.4, -0.2) is 65.2 Å². The first-order chi connectivity index (χ1) is 8.79. The van der Waals surface area contributed by atoms with Crippen molar-refractivity contribution in [3.8, 4) is 0 Å². The second-order valence-electron chi connectivity index (χ2n) is 5.19. The molecule has 3 heterocycles. The Morgan fingerprint density at radius 1 is 1.22 bits per heavy atom. The second-order valence-corrected chi connectivity index (χ2v) is 7.82. The topological polar surface area (TPSA) is 44.4 Å². The zero-order valence-corrected chi connectivity index (χ0v) is 12.2. The minimum absolute atomic E-state index is 0.0520. The maximum Gasteiger partial charge on any atom is 0.240 e. The first-order valence-electron chi connectivity index (χ1n) is 6.78. The molecule has 3 fully saturated rings. The van der Waals surface area contributed by atoms with E-state index >= 15 is 0 Å². The van der Waals surface area contributed by atoms with Gasteiger partial charge >= 0.3 is 0 Å². The third-order valence-corrected chi connectivity index (χ3v) is 6.52. The standard InChI is InChI=1S/C12H21N3OS2/c16-11(15-5-7-17-8-6-15)10-9-18-12(14-10)1-3-13-4-2-12/h10,13-14H,1-9H2/t10-/m0/s1. The molecular weight excluding hydrogens is 266 g/mol. The first-order valence-corrected chi connectivity index (χ1v) is 8.92. The third kappa shape index (κ3) is 2.66. The highest BCUT2D eigenvalue weighted by molar-refractivity contribution is 8.01. The number of hydrogen-bond acceptors (Lipinski definition) is 5. The van der Waals surface area contributed by atoms with E-state index in [4.69, 9.17) is 0 Å². The lowest BCUT2D eigenvalue weighted by Gasteiger charge is -2.34. The lowest BCUT2D eigenvalue weighted by Crippen LogP contribution is -2.54. The maximum atomic E-state index is 12.5. The van der Waals surface area contributed by atoms with Gasteiger partial charge in [0.1, 0.15) is 0 Å². The van der Waals surface area contributed by atoms with E-state index in [1.807, 2.05) is 23.5 Å². The predicted octanol–water partition coefficient (Wildman–Crippen LogP) is 0.347. The van der Waals surface area contributed by atoms with Crippen LogP contribution >= 0.6 is 23.5 Å². The number of thioether (sulfide) groups is 2. The fourth-order valence-electron chi connectivity index (χ4n) is 2.90. The van der Waals surface area contributed by atoms with E-state index in [0.29, 0.717) is 5.91 Å². The van der Waals surface area contributed by atoms with E-state index in [1.54, 1.807) is 0 Å². The Labute approximate surface area is 117 Å². The van der Waals surface area contributed by atoms with E-state index in [1.165, 1.54) is 0 Å². The van der Waals surface area contributed by atoms with Gasteiger partial charge < -0.3 is 10.2 Å². The van der Waals surface area contributed by atoms with Crippen LogP contribution in [0.4, 0.5) is 0 Å². The molecule has 0 bridgehead atoms. The summed E-state index contributed by atoms with van der Waals surface area (Å²) < 4.78 is 0.